The molecule has 32 heavy (non-hydrogen) atoms. The molecule has 10 heteroatoms. The van der Waals surface area contributed by atoms with Crippen molar-refractivity contribution in [1.29, 1.82) is 0 Å². The number of carbonyl (C=O) groups excluding carboxylic acids is 3. The average Bonchev–Trinajstić information content (AvgIpc) is 2.72. The van der Waals surface area contributed by atoms with E-state index in [0.717, 1.165) is 5.56 Å². The van der Waals surface area contributed by atoms with Gasteiger partial charge in [0.25, 0.3) is 0 Å². The topological polar surface area (TPSA) is 122 Å². The molecule has 0 bridgehead atoms. The standard InChI is InChI=1S/C22H32N2O6S.BrH/c1-5-15(2)19(24-22(29)30-13-16-9-7-6-8-10-16)20(26)23-18(21(27)28)12-11-17(25)14-31(3)4;/h6-10,15,18-19H,5,11-14H2,1-4H3,(H2-,23,24,26,27,28,29);1H. The van der Waals surface area contributed by atoms with E-state index < -0.39 is 30.1 Å². The number of halogens is 1. The number of nitrogens with one attached hydrogen (secondary N) is 2. The van der Waals surface area contributed by atoms with Gasteiger partial charge in [-0.15, -0.1) is 0 Å². The summed E-state index contributed by atoms with van der Waals surface area (Å²) >= 11 is 0. The van der Waals surface area contributed by atoms with E-state index in [2.05, 4.69) is 10.6 Å². The second kappa shape index (κ2) is 15.7. The third-order valence-corrected chi connectivity index (χ3v) is 5.66. The van der Waals surface area contributed by atoms with Gasteiger partial charge in [-0.3, -0.25) is 9.59 Å². The van der Waals surface area contributed by atoms with Crippen molar-refractivity contribution in [3.63, 3.8) is 0 Å². The fourth-order valence-corrected chi connectivity index (χ4v) is 3.60. The van der Waals surface area contributed by atoms with Crippen LogP contribution in [0, 0.1) is 5.92 Å². The van der Waals surface area contributed by atoms with Crippen LogP contribution in [0.3, 0.4) is 0 Å². The van der Waals surface area contributed by atoms with Gasteiger partial charge in [0.2, 0.25) is 5.91 Å². The lowest BCUT2D eigenvalue weighted by atomic mass is 9.98. The van der Waals surface area contributed by atoms with Crippen LogP contribution in [0.15, 0.2) is 30.3 Å². The number of Topliss-reactive ketones (excluding diaryl/α,β-unsaturated/α-hetero) is 1. The van der Waals surface area contributed by atoms with E-state index in [0.29, 0.717) is 12.2 Å². The number of ether oxygens (including phenoxy) is 1. The lowest BCUT2D eigenvalue weighted by Crippen LogP contribution is -3.00. The summed E-state index contributed by atoms with van der Waals surface area (Å²) in [6.45, 7) is 3.70. The lowest BCUT2D eigenvalue weighted by molar-refractivity contribution is -0.142. The monoisotopic (exact) mass is 532 g/mol. The van der Waals surface area contributed by atoms with Gasteiger partial charge in [-0.25, -0.2) is 9.59 Å². The molecule has 180 valence electrons. The maximum atomic E-state index is 12.8. The van der Waals surface area contributed by atoms with E-state index in [9.17, 15) is 24.3 Å². The van der Waals surface area contributed by atoms with Gasteiger partial charge in [-0.2, -0.15) is 0 Å². The number of alkyl carbamates (subject to hydrolysis) is 1. The van der Waals surface area contributed by atoms with Crippen molar-refractivity contribution in [1.82, 2.24) is 10.6 Å². The molecule has 3 unspecified atom stereocenters. The molecule has 0 aliphatic rings. The first-order valence-corrected chi connectivity index (χ1v) is 12.4. The van der Waals surface area contributed by atoms with E-state index in [1.54, 1.807) is 6.92 Å². The van der Waals surface area contributed by atoms with Gasteiger partial charge in [0, 0.05) is 6.42 Å². The van der Waals surface area contributed by atoms with Crippen molar-refractivity contribution in [3.05, 3.63) is 35.9 Å². The summed E-state index contributed by atoms with van der Waals surface area (Å²) in [5.41, 5.74) is 0.805. The van der Waals surface area contributed by atoms with E-state index in [-0.39, 0.29) is 59.0 Å². The molecule has 1 rings (SSSR count). The molecule has 3 atom stereocenters. The van der Waals surface area contributed by atoms with Gasteiger partial charge in [-0.1, -0.05) is 50.6 Å². The second-order valence-electron chi connectivity index (χ2n) is 7.68. The SMILES string of the molecule is CCC(C)C(NC(=O)OCc1ccccc1)C(=O)NC(CCC(=O)C[S+](C)C)C(=O)O.[Br-]. The van der Waals surface area contributed by atoms with E-state index in [1.807, 2.05) is 49.8 Å². The molecule has 8 nitrogen and oxygen atoms in total. The predicted octanol–water partition coefficient (Wildman–Crippen LogP) is -0.872. The highest BCUT2D eigenvalue weighted by molar-refractivity contribution is 7.96. The molecule has 2 amide bonds. The zero-order valence-electron chi connectivity index (χ0n) is 18.9. The largest absolute Gasteiger partial charge is 1.00 e. The quantitative estimate of drug-likeness (QED) is 0.284. The molecule has 0 aliphatic carbocycles. The van der Waals surface area contributed by atoms with Gasteiger partial charge in [0.1, 0.15) is 18.7 Å². The second-order valence-corrected chi connectivity index (χ2v) is 9.94. The first kappa shape index (κ1) is 29.9. The summed E-state index contributed by atoms with van der Waals surface area (Å²) in [4.78, 5) is 48.5. The van der Waals surface area contributed by atoms with E-state index in [1.165, 1.54) is 0 Å². The Morgan fingerprint density at radius 1 is 1.09 bits per heavy atom. The molecule has 0 saturated heterocycles. The van der Waals surface area contributed by atoms with E-state index >= 15 is 0 Å². The number of benzene rings is 1. The maximum absolute atomic E-state index is 12.8. The number of ketones is 1. The fraction of sp³-hybridized carbons (Fsp3) is 0.545. The number of carboxylic acids is 1. The number of carboxylic acid groups (broad SMARTS) is 1. The van der Waals surface area contributed by atoms with Gasteiger partial charge in [0.15, 0.2) is 11.5 Å². The molecular formula is C22H33BrN2O6S. The Balaban J connectivity index is 0.00000961. The van der Waals surface area contributed by atoms with Gasteiger partial charge < -0.3 is 37.5 Å². The Morgan fingerprint density at radius 3 is 2.25 bits per heavy atom. The van der Waals surface area contributed by atoms with Crippen molar-refractivity contribution in [2.24, 2.45) is 5.92 Å². The van der Waals surface area contributed by atoms with Crippen LogP contribution in [0.1, 0.15) is 38.7 Å². The first-order valence-electron chi connectivity index (χ1n) is 10.2. The number of amides is 2. The molecular weight excluding hydrogens is 500 g/mol. The van der Waals surface area contributed by atoms with Gasteiger partial charge in [0.05, 0.1) is 12.5 Å². The fourth-order valence-electron chi connectivity index (χ4n) is 2.81. The number of rotatable bonds is 13. The average molecular weight is 533 g/mol. The normalized spacial score (nSPS) is 13.3. The Bertz CT molecular complexity index is 747. The highest BCUT2D eigenvalue weighted by Crippen LogP contribution is 2.11. The van der Waals surface area contributed by atoms with Crippen LogP contribution in [-0.2, 0) is 36.6 Å². The van der Waals surface area contributed by atoms with Crippen LogP contribution in [0.4, 0.5) is 4.79 Å². The van der Waals surface area contributed by atoms with Gasteiger partial charge >= 0.3 is 12.1 Å². The molecule has 0 aliphatic heterocycles. The zero-order chi connectivity index (χ0) is 23.4. The van der Waals surface area contributed by atoms with Crippen LogP contribution in [0.25, 0.3) is 0 Å². The minimum atomic E-state index is -1.22. The van der Waals surface area contributed by atoms with Gasteiger partial charge in [-0.05, 0) is 28.8 Å². The summed E-state index contributed by atoms with van der Waals surface area (Å²) in [7, 11) is -0.0651. The minimum absolute atomic E-state index is 0. The summed E-state index contributed by atoms with van der Waals surface area (Å²) in [6.07, 6.45) is 3.78. The molecule has 0 spiro atoms. The Morgan fingerprint density at radius 2 is 1.72 bits per heavy atom. The smallest absolute Gasteiger partial charge is 0.408 e. The van der Waals surface area contributed by atoms with Crippen molar-refractivity contribution >= 4 is 34.6 Å². The molecule has 0 heterocycles. The Hall–Kier alpha value is -2.07. The molecule has 3 N–H and O–H groups in total. The molecule has 0 fully saturated rings. The predicted molar refractivity (Wildman–Crippen MR) is 121 cm³/mol. The summed E-state index contributed by atoms with van der Waals surface area (Å²) < 4.78 is 5.18. The van der Waals surface area contributed by atoms with E-state index in [4.69, 9.17) is 4.74 Å². The van der Waals surface area contributed by atoms with Crippen LogP contribution in [-0.4, -0.2) is 59.2 Å². The Kier molecular flexibility index (Phi) is 14.7. The Labute approximate surface area is 203 Å². The van der Waals surface area contributed by atoms with Crippen LogP contribution in [0.5, 0.6) is 0 Å². The third kappa shape index (κ3) is 11.5. The molecule has 1 aromatic carbocycles. The number of hydrogen-bond acceptors (Lipinski definition) is 5. The molecule has 0 radical (unpaired) electrons. The zero-order valence-corrected chi connectivity index (χ0v) is 21.3. The maximum Gasteiger partial charge on any atom is 0.408 e. The number of hydrogen-bond donors (Lipinski definition) is 3. The summed E-state index contributed by atoms with van der Waals surface area (Å²) in [5, 5.41) is 14.5. The highest BCUT2D eigenvalue weighted by Gasteiger charge is 2.30. The van der Waals surface area contributed by atoms with Crippen molar-refractivity contribution in [3.8, 4) is 0 Å². The van der Waals surface area contributed by atoms with Crippen molar-refractivity contribution in [2.45, 2.75) is 51.8 Å². The van der Waals surface area contributed by atoms with Crippen LogP contribution >= 0.6 is 0 Å². The van der Waals surface area contributed by atoms with Crippen LogP contribution < -0.4 is 27.6 Å². The lowest BCUT2D eigenvalue weighted by Gasteiger charge is -2.25. The third-order valence-electron chi connectivity index (χ3n) is 4.76. The first-order chi connectivity index (χ1) is 14.6. The van der Waals surface area contributed by atoms with Crippen LogP contribution in [0.2, 0.25) is 0 Å². The molecule has 0 aromatic heterocycles. The summed E-state index contributed by atoms with van der Waals surface area (Å²) in [5.74, 6) is -1.72. The van der Waals surface area contributed by atoms with Crippen molar-refractivity contribution in [2.75, 3.05) is 18.3 Å². The highest BCUT2D eigenvalue weighted by atomic mass is 79.9. The number of aliphatic carboxylic acids is 1. The molecule has 0 saturated carbocycles. The number of carbonyl (C=O) groups is 4. The van der Waals surface area contributed by atoms with Crippen molar-refractivity contribution < 1.29 is 46.0 Å². The minimum Gasteiger partial charge on any atom is -1.00 e. The summed E-state index contributed by atoms with van der Waals surface area (Å²) in [6, 6.07) is 6.95. The molecule has 1 aromatic rings.